The van der Waals surface area contributed by atoms with Crippen LogP contribution in [-0.4, -0.2) is 17.4 Å². The molecule has 1 aromatic heterocycles. The molecule has 1 heterocycles. The zero-order chi connectivity index (χ0) is 16.8. The Labute approximate surface area is 143 Å². The van der Waals surface area contributed by atoms with Crippen LogP contribution in [0.3, 0.4) is 0 Å². The smallest absolute Gasteiger partial charge is 0.220 e. The summed E-state index contributed by atoms with van der Waals surface area (Å²) in [5, 5.41) is 4.28. The molecule has 124 valence electrons. The molecule has 1 amide bonds. The molecule has 3 nitrogen and oxygen atoms in total. The number of amides is 1. The lowest BCUT2D eigenvalue weighted by atomic mass is 9.96. The van der Waals surface area contributed by atoms with Gasteiger partial charge in [-0.2, -0.15) is 0 Å². The molecule has 0 fully saturated rings. The highest BCUT2D eigenvalue weighted by Crippen LogP contribution is 2.20. The Hall–Kier alpha value is -2.55. The SMILES string of the molecule is C[C@@H](CCC(=O)NCCc1c[nH]c2ccccc12)c1ccccc1. The summed E-state index contributed by atoms with van der Waals surface area (Å²) in [5.41, 5.74) is 3.70. The number of carbonyl (C=O) groups excluding carboxylic acids is 1. The highest BCUT2D eigenvalue weighted by Gasteiger charge is 2.09. The third kappa shape index (κ3) is 4.05. The van der Waals surface area contributed by atoms with Crippen molar-refractivity contribution in [3.63, 3.8) is 0 Å². The van der Waals surface area contributed by atoms with E-state index in [1.165, 1.54) is 16.5 Å². The molecule has 0 saturated carbocycles. The van der Waals surface area contributed by atoms with Gasteiger partial charge in [-0.3, -0.25) is 4.79 Å². The predicted octanol–water partition coefficient (Wildman–Crippen LogP) is 4.41. The minimum absolute atomic E-state index is 0.137. The van der Waals surface area contributed by atoms with Crippen LogP contribution in [-0.2, 0) is 11.2 Å². The molecule has 0 spiro atoms. The van der Waals surface area contributed by atoms with Crippen LogP contribution < -0.4 is 5.32 Å². The molecule has 3 rings (SSSR count). The zero-order valence-electron chi connectivity index (χ0n) is 14.1. The molecule has 0 aliphatic carbocycles. The van der Waals surface area contributed by atoms with Crippen LogP contribution in [0.25, 0.3) is 10.9 Å². The van der Waals surface area contributed by atoms with E-state index in [-0.39, 0.29) is 5.91 Å². The maximum Gasteiger partial charge on any atom is 0.220 e. The molecule has 0 unspecified atom stereocenters. The molecule has 0 radical (unpaired) electrons. The van der Waals surface area contributed by atoms with E-state index in [1.54, 1.807) is 0 Å². The molecule has 3 aromatic rings. The largest absolute Gasteiger partial charge is 0.361 e. The summed E-state index contributed by atoms with van der Waals surface area (Å²) in [4.78, 5) is 15.3. The van der Waals surface area contributed by atoms with E-state index >= 15 is 0 Å². The number of carbonyl (C=O) groups is 1. The number of nitrogens with one attached hydrogen (secondary N) is 2. The Morgan fingerprint density at radius 3 is 2.67 bits per heavy atom. The lowest BCUT2D eigenvalue weighted by Gasteiger charge is -2.11. The third-order valence-corrected chi connectivity index (χ3v) is 4.56. The third-order valence-electron chi connectivity index (χ3n) is 4.56. The maximum absolute atomic E-state index is 12.1. The maximum atomic E-state index is 12.1. The van der Waals surface area contributed by atoms with Crippen LogP contribution in [0.1, 0.15) is 36.8 Å². The summed E-state index contributed by atoms with van der Waals surface area (Å²) >= 11 is 0. The molecular weight excluding hydrogens is 296 g/mol. The Morgan fingerprint density at radius 1 is 1.08 bits per heavy atom. The summed E-state index contributed by atoms with van der Waals surface area (Å²) < 4.78 is 0. The predicted molar refractivity (Wildman–Crippen MR) is 99.1 cm³/mol. The number of H-pyrrole nitrogens is 1. The van der Waals surface area contributed by atoms with Gasteiger partial charge in [-0.25, -0.2) is 0 Å². The van der Waals surface area contributed by atoms with E-state index in [9.17, 15) is 4.79 Å². The number of benzene rings is 2. The van der Waals surface area contributed by atoms with Crippen LogP contribution in [0.15, 0.2) is 60.8 Å². The van der Waals surface area contributed by atoms with Crippen LogP contribution in [0, 0.1) is 0 Å². The molecular formula is C21H24N2O. The van der Waals surface area contributed by atoms with Gasteiger partial charge in [-0.1, -0.05) is 55.5 Å². The fourth-order valence-corrected chi connectivity index (χ4v) is 3.06. The highest BCUT2D eigenvalue weighted by atomic mass is 16.1. The van der Waals surface area contributed by atoms with E-state index in [0.29, 0.717) is 18.9 Å². The first kappa shape index (κ1) is 16.3. The van der Waals surface area contributed by atoms with Gasteiger partial charge in [0.25, 0.3) is 0 Å². The molecule has 0 saturated heterocycles. The Kier molecular flexibility index (Phi) is 5.32. The summed E-state index contributed by atoms with van der Waals surface area (Å²) in [5.74, 6) is 0.545. The lowest BCUT2D eigenvalue weighted by molar-refractivity contribution is -0.121. The summed E-state index contributed by atoms with van der Waals surface area (Å²) in [6.45, 7) is 2.86. The van der Waals surface area contributed by atoms with Crippen molar-refractivity contribution in [2.45, 2.75) is 32.1 Å². The normalized spacial score (nSPS) is 12.2. The number of hydrogen-bond acceptors (Lipinski definition) is 1. The number of aromatic nitrogens is 1. The van der Waals surface area contributed by atoms with E-state index in [1.807, 2.05) is 36.5 Å². The van der Waals surface area contributed by atoms with E-state index in [0.717, 1.165) is 18.4 Å². The minimum Gasteiger partial charge on any atom is -0.361 e. The first-order valence-corrected chi connectivity index (χ1v) is 8.60. The molecule has 1 atom stereocenters. The van der Waals surface area contributed by atoms with Crippen molar-refractivity contribution >= 4 is 16.8 Å². The number of hydrogen-bond donors (Lipinski definition) is 2. The molecule has 2 aromatic carbocycles. The average molecular weight is 320 g/mol. The molecule has 0 bridgehead atoms. The summed E-state index contributed by atoms with van der Waals surface area (Å²) in [6, 6.07) is 18.6. The fourth-order valence-electron chi connectivity index (χ4n) is 3.06. The van der Waals surface area contributed by atoms with E-state index in [2.05, 4.69) is 41.5 Å². The fraction of sp³-hybridized carbons (Fsp3) is 0.286. The standard InChI is InChI=1S/C21H24N2O/c1-16(17-7-3-2-4-8-17)11-12-21(24)22-14-13-18-15-23-20-10-6-5-9-19(18)20/h2-10,15-16,23H,11-14H2,1H3,(H,22,24)/t16-/m0/s1. The van der Waals surface area contributed by atoms with Gasteiger partial charge < -0.3 is 10.3 Å². The van der Waals surface area contributed by atoms with Gasteiger partial charge in [-0.05, 0) is 36.0 Å². The number of fused-ring (bicyclic) bond motifs is 1. The number of aromatic amines is 1. The second-order valence-electron chi connectivity index (χ2n) is 6.31. The van der Waals surface area contributed by atoms with Gasteiger partial charge in [0.15, 0.2) is 0 Å². The van der Waals surface area contributed by atoms with Gasteiger partial charge in [-0.15, -0.1) is 0 Å². The Morgan fingerprint density at radius 2 is 1.83 bits per heavy atom. The van der Waals surface area contributed by atoms with Gasteiger partial charge in [0.05, 0.1) is 0 Å². The van der Waals surface area contributed by atoms with Gasteiger partial charge >= 0.3 is 0 Å². The number of para-hydroxylation sites is 1. The zero-order valence-corrected chi connectivity index (χ0v) is 14.1. The topological polar surface area (TPSA) is 44.9 Å². The monoisotopic (exact) mass is 320 g/mol. The van der Waals surface area contributed by atoms with Gasteiger partial charge in [0.2, 0.25) is 5.91 Å². The van der Waals surface area contributed by atoms with E-state index in [4.69, 9.17) is 0 Å². The highest BCUT2D eigenvalue weighted by molar-refractivity contribution is 5.83. The second kappa shape index (κ2) is 7.82. The van der Waals surface area contributed by atoms with E-state index < -0.39 is 0 Å². The molecule has 0 aliphatic heterocycles. The second-order valence-corrected chi connectivity index (χ2v) is 6.31. The van der Waals surface area contributed by atoms with Crippen molar-refractivity contribution < 1.29 is 4.79 Å². The Bertz CT molecular complexity index is 792. The summed E-state index contributed by atoms with van der Waals surface area (Å²) in [6.07, 6.45) is 4.34. The van der Waals surface area contributed by atoms with Crippen molar-refractivity contribution in [1.82, 2.24) is 10.3 Å². The first-order valence-electron chi connectivity index (χ1n) is 8.60. The first-order chi connectivity index (χ1) is 11.7. The molecule has 24 heavy (non-hydrogen) atoms. The lowest BCUT2D eigenvalue weighted by Crippen LogP contribution is -2.25. The van der Waals surface area contributed by atoms with Crippen LogP contribution >= 0.6 is 0 Å². The average Bonchev–Trinajstić information content (AvgIpc) is 3.04. The van der Waals surface area contributed by atoms with Crippen molar-refractivity contribution in [3.8, 4) is 0 Å². The van der Waals surface area contributed by atoms with Gasteiger partial charge in [0, 0.05) is 30.1 Å². The molecule has 3 heteroatoms. The van der Waals surface area contributed by atoms with Gasteiger partial charge in [0.1, 0.15) is 0 Å². The molecule has 0 aliphatic rings. The molecule has 2 N–H and O–H groups in total. The van der Waals surface area contributed by atoms with Crippen molar-refractivity contribution in [2.24, 2.45) is 0 Å². The minimum atomic E-state index is 0.137. The number of rotatable bonds is 7. The summed E-state index contributed by atoms with van der Waals surface area (Å²) in [7, 11) is 0. The van der Waals surface area contributed by atoms with Crippen LogP contribution in [0.2, 0.25) is 0 Å². The van der Waals surface area contributed by atoms with Crippen LogP contribution in [0.4, 0.5) is 0 Å². The van der Waals surface area contributed by atoms with Crippen molar-refractivity contribution in [3.05, 3.63) is 71.9 Å². The Balaban J connectivity index is 1.43. The quantitative estimate of drug-likeness (QED) is 0.665. The van der Waals surface area contributed by atoms with Crippen molar-refractivity contribution in [2.75, 3.05) is 6.54 Å². The van der Waals surface area contributed by atoms with Crippen molar-refractivity contribution in [1.29, 1.82) is 0 Å². The van der Waals surface area contributed by atoms with Crippen LogP contribution in [0.5, 0.6) is 0 Å².